The Balaban J connectivity index is 1.74. The molecule has 1 aromatic rings. The minimum atomic E-state index is -0.179. The molecule has 0 saturated carbocycles. The van der Waals surface area contributed by atoms with Gasteiger partial charge in [-0.1, -0.05) is 0 Å². The van der Waals surface area contributed by atoms with E-state index in [2.05, 4.69) is 10.3 Å². The molecule has 2 rings (SSSR count). The smallest absolute Gasteiger partial charge is 0.252 e. The molecule has 0 spiro atoms. The van der Waals surface area contributed by atoms with Crippen LogP contribution < -0.4 is 5.32 Å². The number of carbonyl (C=O) groups excluding carboxylic acids is 2. The zero-order chi connectivity index (χ0) is 13.7. The van der Waals surface area contributed by atoms with Gasteiger partial charge in [-0.15, -0.1) is 0 Å². The molecule has 0 unspecified atom stereocenters. The number of pyridine rings is 1. The fraction of sp³-hybridized carbons (Fsp3) is 0.500. The van der Waals surface area contributed by atoms with Crippen molar-refractivity contribution in [3.63, 3.8) is 0 Å². The number of likely N-dealkylation sites (tertiary alicyclic amines) is 1. The molecule has 1 N–H and O–H groups in total. The first-order valence-electron chi connectivity index (χ1n) is 6.65. The predicted molar refractivity (Wildman–Crippen MR) is 71.7 cm³/mol. The van der Waals surface area contributed by atoms with Crippen molar-refractivity contribution in [1.29, 1.82) is 0 Å². The normalized spacial score (nSPS) is 14.5. The average molecular weight is 261 g/mol. The van der Waals surface area contributed by atoms with Crippen LogP contribution in [0.4, 0.5) is 0 Å². The number of aromatic nitrogens is 1. The number of nitrogens with zero attached hydrogens (tertiary/aromatic N) is 2. The first-order chi connectivity index (χ1) is 9.16. The summed E-state index contributed by atoms with van der Waals surface area (Å²) in [7, 11) is 0. The monoisotopic (exact) mass is 261 g/mol. The Morgan fingerprint density at radius 3 is 2.68 bits per heavy atom. The zero-order valence-electron chi connectivity index (χ0n) is 11.2. The van der Waals surface area contributed by atoms with Gasteiger partial charge < -0.3 is 10.2 Å². The van der Waals surface area contributed by atoms with E-state index in [0.717, 1.165) is 31.6 Å². The molecular weight excluding hydrogens is 242 g/mol. The van der Waals surface area contributed by atoms with Crippen molar-refractivity contribution in [3.05, 3.63) is 29.6 Å². The first kappa shape index (κ1) is 13.5. The van der Waals surface area contributed by atoms with Gasteiger partial charge in [0.05, 0.1) is 5.56 Å². The summed E-state index contributed by atoms with van der Waals surface area (Å²) in [4.78, 5) is 29.5. The third-order valence-electron chi connectivity index (χ3n) is 3.26. The molecule has 2 heterocycles. The highest BCUT2D eigenvalue weighted by molar-refractivity contribution is 5.94. The lowest BCUT2D eigenvalue weighted by Gasteiger charge is -2.15. The van der Waals surface area contributed by atoms with Gasteiger partial charge in [0.25, 0.3) is 5.91 Å². The van der Waals surface area contributed by atoms with Crippen LogP contribution >= 0.6 is 0 Å². The number of aryl methyl sites for hydroxylation is 1. The molecule has 1 saturated heterocycles. The van der Waals surface area contributed by atoms with E-state index in [1.54, 1.807) is 18.3 Å². The van der Waals surface area contributed by atoms with Crippen LogP contribution in [-0.2, 0) is 4.79 Å². The molecule has 0 aromatic carbocycles. The minimum Gasteiger partial charge on any atom is -0.351 e. The minimum absolute atomic E-state index is 0.125. The van der Waals surface area contributed by atoms with E-state index in [1.807, 2.05) is 11.8 Å². The van der Waals surface area contributed by atoms with Crippen molar-refractivity contribution < 1.29 is 9.59 Å². The number of nitrogens with one attached hydrogen (secondary N) is 1. The Morgan fingerprint density at radius 1 is 1.32 bits per heavy atom. The van der Waals surface area contributed by atoms with E-state index in [1.165, 1.54) is 0 Å². The molecule has 1 fully saturated rings. The van der Waals surface area contributed by atoms with E-state index in [-0.39, 0.29) is 11.8 Å². The second-order valence-corrected chi connectivity index (χ2v) is 4.78. The van der Waals surface area contributed by atoms with Crippen LogP contribution in [-0.4, -0.2) is 41.3 Å². The predicted octanol–water partition coefficient (Wildman–Crippen LogP) is 1.13. The SMILES string of the molecule is Cc1ccc(C(=O)NCCC(=O)N2CCCC2)cn1. The summed E-state index contributed by atoms with van der Waals surface area (Å²) >= 11 is 0. The molecule has 5 nitrogen and oxygen atoms in total. The molecule has 0 bridgehead atoms. The lowest BCUT2D eigenvalue weighted by atomic mass is 10.2. The van der Waals surface area contributed by atoms with Gasteiger partial charge in [-0.25, -0.2) is 0 Å². The maximum Gasteiger partial charge on any atom is 0.252 e. The van der Waals surface area contributed by atoms with E-state index >= 15 is 0 Å². The van der Waals surface area contributed by atoms with Crippen molar-refractivity contribution in [1.82, 2.24) is 15.2 Å². The molecule has 0 aliphatic carbocycles. The summed E-state index contributed by atoms with van der Waals surface area (Å²) in [6.07, 6.45) is 4.10. The van der Waals surface area contributed by atoms with E-state index < -0.39 is 0 Å². The fourth-order valence-corrected chi connectivity index (χ4v) is 2.11. The lowest BCUT2D eigenvalue weighted by molar-refractivity contribution is -0.129. The highest BCUT2D eigenvalue weighted by Gasteiger charge is 2.17. The summed E-state index contributed by atoms with van der Waals surface area (Å²) < 4.78 is 0. The summed E-state index contributed by atoms with van der Waals surface area (Å²) in [5, 5.41) is 2.75. The topological polar surface area (TPSA) is 62.3 Å². The number of rotatable bonds is 4. The number of carbonyl (C=O) groups is 2. The van der Waals surface area contributed by atoms with Crippen LogP contribution in [0, 0.1) is 6.92 Å². The standard InChI is InChI=1S/C14H19N3O2/c1-11-4-5-12(10-16-11)14(19)15-7-6-13(18)17-8-2-3-9-17/h4-5,10H,2-3,6-9H2,1H3,(H,15,19). The molecule has 102 valence electrons. The van der Waals surface area contributed by atoms with Crippen LogP contribution in [0.1, 0.15) is 35.3 Å². The molecular formula is C14H19N3O2. The van der Waals surface area contributed by atoms with Gasteiger partial charge in [-0.3, -0.25) is 14.6 Å². The number of amides is 2. The maximum atomic E-state index is 11.8. The van der Waals surface area contributed by atoms with Crippen LogP contribution in [0.25, 0.3) is 0 Å². The van der Waals surface area contributed by atoms with Gasteiger partial charge >= 0.3 is 0 Å². The first-order valence-corrected chi connectivity index (χ1v) is 6.65. The van der Waals surface area contributed by atoms with Gasteiger partial charge in [-0.2, -0.15) is 0 Å². The Kier molecular flexibility index (Phi) is 4.49. The fourth-order valence-electron chi connectivity index (χ4n) is 2.11. The Bertz CT molecular complexity index is 450. The van der Waals surface area contributed by atoms with Crippen molar-refractivity contribution in [2.45, 2.75) is 26.2 Å². The summed E-state index contributed by atoms with van der Waals surface area (Å²) in [6, 6.07) is 3.53. The lowest BCUT2D eigenvalue weighted by Crippen LogP contribution is -2.32. The van der Waals surface area contributed by atoms with Gasteiger partial charge in [0.1, 0.15) is 0 Å². The van der Waals surface area contributed by atoms with Crippen molar-refractivity contribution in [3.8, 4) is 0 Å². The molecule has 1 aliphatic rings. The Labute approximate surface area is 113 Å². The largest absolute Gasteiger partial charge is 0.351 e. The molecule has 19 heavy (non-hydrogen) atoms. The molecule has 5 heteroatoms. The molecule has 1 aromatic heterocycles. The Morgan fingerprint density at radius 2 is 2.05 bits per heavy atom. The van der Waals surface area contributed by atoms with Gasteiger partial charge in [0.15, 0.2) is 0 Å². The molecule has 1 aliphatic heterocycles. The van der Waals surface area contributed by atoms with E-state index in [4.69, 9.17) is 0 Å². The quantitative estimate of drug-likeness (QED) is 0.884. The van der Waals surface area contributed by atoms with Gasteiger partial charge in [0.2, 0.25) is 5.91 Å². The van der Waals surface area contributed by atoms with Gasteiger partial charge in [0, 0.05) is 37.9 Å². The average Bonchev–Trinajstić information content (AvgIpc) is 2.93. The van der Waals surface area contributed by atoms with Crippen molar-refractivity contribution >= 4 is 11.8 Å². The van der Waals surface area contributed by atoms with Crippen LogP contribution in [0.3, 0.4) is 0 Å². The summed E-state index contributed by atoms with van der Waals surface area (Å²) in [5.74, 6) is -0.0541. The Hall–Kier alpha value is -1.91. The van der Waals surface area contributed by atoms with Crippen molar-refractivity contribution in [2.24, 2.45) is 0 Å². The highest BCUT2D eigenvalue weighted by Crippen LogP contribution is 2.08. The molecule has 2 amide bonds. The van der Waals surface area contributed by atoms with Crippen LogP contribution in [0.15, 0.2) is 18.3 Å². The third-order valence-corrected chi connectivity index (χ3v) is 3.26. The number of hydrogen-bond acceptors (Lipinski definition) is 3. The summed E-state index contributed by atoms with van der Waals surface area (Å²) in [5.41, 5.74) is 1.40. The van der Waals surface area contributed by atoms with Crippen LogP contribution in [0.2, 0.25) is 0 Å². The van der Waals surface area contributed by atoms with E-state index in [0.29, 0.717) is 18.5 Å². The second kappa shape index (κ2) is 6.31. The van der Waals surface area contributed by atoms with Crippen LogP contribution in [0.5, 0.6) is 0 Å². The zero-order valence-corrected chi connectivity index (χ0v) is 11.2. The molecule has 0 radical (unpaired) electrons. The van der Waals surface area contributed by atoms with Crippen molar-refractivity contribution in [2.75, 3.05) is 19.6 Å². The van der Waals surface area contributed by atoms with Gasteiger partial charge in [-0.05, 0) is 31.9 Å². The number of hydrogen-bond donors (Lipinski definition) is 1. The second-order valence-electron chi connectivity index (χ2n) is 4.78. The van der Waals surface area contributed by atoms with E-state index in [9.17, 15) is 9.59 Å². The third kappa shape index (κ3) is 3.77. The molecule has 0 atom stereocenters. The maximum absolute atomic E-state index is 11.8. The summed E-state index contributed by atoms with van der Waals surface area (Å²) in [6.45, 7) is 3.96. The highest BCUT2D eigenvalue weighted by atomic mass is 16.2.